The van der Waals surface area contributed by atoms with Gasteiger partial charge in [0.1, 0.15) is 11.6 Å². The van der Waals surface area contributed by atoms with Crippen LogP contribution in [-0.2, 0) is 22.7 Å². The van der Waals surface area contributed by atoms with Crippen molar-refractivity contribution in [2.75, 3.05) is 19.8 Å². The van der Waals surface area contributed by atoms with E-state index in [1.54, 1.807) is 24.3 Å². The largest absolute Gasteiger partial charge is 0.376 e. The summed E-state index contributed by atoms with van der Waals surface area (Å²) in [7, 11) is 0. The lowest BCUT2D eigenvalue weighted by molar-refractivity contribution is 0.0560. The molecule has 0 radical (unpaired) electrons. The van der Waals surface area contributed by atoms with Crippen LogP contribution in [0.2, 0.25) is 0 Å². The number of nitrogens with one attached hydrogen (secondary N) is 1. The Hall–Kier alpha value is -3.09. The highest BCUT2D eigenvalue weighted by atomic mass is 35.5. The molecule has 0 aromatic heterocycles. The van der Waals surface area contributed by atoms with Gasteiger partial charge in [0, 0.05) is 35.0 Å². The molecule has 1 fully saturated rings. The Morgan fingerprint density at radius 2 is 1.13 bits per heavy atom. The molecule has 1 aliphatic carbocycles. The molecular weight excluding hydrogens is 588 g/mol. The SMILES string of the molecule is Cc1ccccc1C(CNC1(C(COCc2ccccc2F)c2ccccc2C)CCCCC1)COCc1ccccc1F.Cl. The zero-order valence-electron chi connectivity index (χ0n) is 26.4. The second kappa shape index (κ2) is 17.0. The summed E-state index contributed by atoms with van der Waals surface area (Å²) in [5.41, 5.74) is 5.93. The van der Waals surface area contributed by atoms with Crippen LogP contribution >= 0.6 is 12.4 Å². The lowest BCUT2D eigenvalue weighted by Crippen LogP contribution is -2.54. The lowest BCUT2D eigenvalue weighted by Gasteiger charge is -2.46. The monoisotopic (exact) mass is 633 g/mol. The van der Waals surface area contributed by atoms with Gasteiger partial charge in [0.2, 0.25) is 0 Å². The summed E-state index contributed by atoms with van der Waals surface area (Å²) in [4.78, 5) is 0. The van der Waals surface area contributed by atoms with Crippen molar-refractivity contribution < 1.29 is 18.3 Å². The number of hydrogen-bond acceptors (Lipinski definition) is 3. The van der Waals surface area contributed by atoms with Gasteiger partial charge in [-0.3, -0.25) is 0 Å². The van der Waals surface area contributed by atoms with Crippen molar-refractivity contribution in [2.24, 2.45) is 0 Å². The molecule has 5 rings (SSSR count). The number of aryl methyl sites for hydroxylation is 2. The van der Waals surface area contributed by atoms with E-state index in [0.717, 1.165) is 32.2 Å². The first kappa shape index (κ1) is 34.8. The van der Waals surface area contributed by atoms with Crippen molar-refractivity contribution in [3.63, 3.8) is 0 Å². The Bertz CT molecular complexity index is 1490. The second-order valence-electron chi connectivity index (χ2n) is 12.3. The standard InChI is InChI=1S/C39H45F2NO2.ClH/c1-29-14-4-8-18-34(29)33(27-43-25-31-16-6-10-20-37(31)40)24-42-39(22-12-3-13-23-39)36(35-19-9-5-15-30(35)2)28-44-26-32-17-7-11-21-38(32)41;/h4-11,14-21,33,36,42H,3,12-13,22-28H2,1-2H3;1H. The summed E-state index contributed by atoms with van der Waals surface area (Å²) in [6.07, 6.45) is 5.56. The molecule has 4 aromatic rings. The van der Waals surface area contributed by atoms with E-state index in [4.69, 9.17) is 9.47 Å². The maximum absolute atomic E-state index is 14.4. The van der Waals surface area contributed by atoms with Gasteiger partial charge in [0.05, 0.1) is 26.4 Å². The zero-order chi connectivity index (χ0) is 30.8. The van der Waals surface area contributed by atoms with E-state index in [0.29, 0.717) is 24.3 Å². The number of halogens is 3. The third-order valence-corrected chi connectivity index (χ3v) is 9.34. The fourth-order valence-electron chi connectivity index (χ4n) is 6.81. The van der Waals surface area contributed by atoms with Gasteiger partial charge in [-0.05, 0) is 61.1 Å². The molecule has 2 atom stereocenters. The maximum atomic E-state index is 14.4. The summed E-state index contributed by atoms with van der Waals surface area (Å²) >= 11 is 0. The fraction of sp³-hybridized carbons (Fsp3) is 0.385. The Morgan fingerprint density at radius 3 is 1.69 bits per heavy atom. The van der Waals surface area contributed by atoms with Crippen LogP contribution in [0.3, 0.4) is 0 Å². The first-order chi connectivity index (χ1) is 21.5. The minimum atomic E-state index is -0.240. The fourth-order valence-corrected chi connectivity index (χ4v) is 6.81. The van der Waals surface area contributed by atoms with Gasteiger partial charge in [-0.1, -0.05) is 104 Å². The first-order valence-electron chi connectivity index (χ1n) is 16.0. The van der Waals surface area contributed by atoms with Crippen molar-refractivity contribution in [1.82, 2.24) is 5.32 Å². The predicted octanol–water partition coefficient (Wildman–Crippen LogP) is 9.60. The molecule has 0 saturated heterocycles. The van der Waals surface area contributed by atoms with Gasteiger partial charge >= 0.3 is 0 Å². The molecule has 2 unspecified atom stereocenters. The number of benzene rings is 4. The van der Waals surface area contributed by atoms with Gasteiger partial charge in [0.25, 0.3) is 0 Å². The second-order valence-corrected chi connectivity index (χ2v) is 12.3. The van der Waals surface area contributed by atoms with Crippen molar-refractivity contribution in [1.29, 1.82) is 0 Å². The molecule has 3 nitrogen and oxygen atoms in total. The maximum Gasteiger partial charge on any atom is 0.128 e. The molecule has 1 N–H and O–H groups in total. The molecule has 240 valence electrons. The van der Waals surface area contributed by atoms with Crippen LogP contribution in [0.25, 0.3) is 0 Å². The molecule has 0 bridgehead atoms. The van der Waals surface area contributed by atoms with E-state index in [1.807, 2.05) is 12.1 Å². The van der Waals surface area contributed by atoms with Crippen molar-refractivity contribution in [3.8, 4) is 0 Å². The molecule has 6 heteroatoms. The summed E-state index contributed by atoms with van der Waals surface area (Å²) in [6, 6.07) is 30.7. The molecule has 1 aliphatic rings. The van der Waals surface area contributed by atoms with E-state index in [-0.39, 0.29) is 54.6 Å². The Kier molecular flexibility index (Phi) is 13.1. The molecule has 0 aliphatic heterocycles. The molecule has 4 aromatic carbocycles. The highest BCUT2D eigenvalue weighted by Crippen LogP contribution is 2.42. The van der Waals surface area contributed by atoms with Crippen LogP contribution in [0.15, 0.2) is 97.1 Å². The number of rotatable bonds is 14. The third-order valence-electron chi connectivity index (χ3n) is 9.34. The summed E-state index contributed by atoms with van der Waals surface area (Å²) < 4.78 is 41.3. The zero-order valence-corrected chi connectivity index (χ0v) is 27.3. The highest BCUT2D eigenvalue weighted by molar-refractivity contribution is 5.85. The Balaban J connectivity index is 0.00000461. The molecule has 0 spiro atoms. The van der Waals surface area contributed by atoms with E-state index in [1.165, 1.54) is 40.8 Å². The van der Waals surface area contributed by atoms with Gasteiger partial charge < -0.3 is 14.8 Å². The number of ether oxygens (including phenoxy) is 2. The summed E-state index contributed by atoms with van der Waals surface area (Å²) in [5.74, 6) is -0.302. The third kappa shape index (κ3) is 9.01. The van der Waals surface area contributed by atoms with Crippen LogP contribution < -0.4 is 5.32 Å². The van der Waals surface area contributed by atoms with E-state index in [9.17, 15) is 8.78 Å². The number of hydrogen-bond donors (Lipinski definition) is 1. The summed E-state index contributed by atoms with van der Waals surface area (Å²) in [5, 5.41) is 4.10. The molecule has 0 amide bonds. The minimum absolute atomic E-state index is 0. The highest BCUT2D eigenvalue weighted by Gasteiger charge is 2.41. The normalized spacial score (nSPS) is 15.6. The van der Waals surface area contributed by atoms with Gasteiger partial charge in [-0.15, -0.1) is 12.4 Å². The van der Waals surface area contributed by atoms with E-state index in [2.05, 4.69) is 67.7 Å². The van der Waals surface area contributed by atoms with Crippen LogP contribution in [0, 0.1) is 25.5 Å². The molecule has 0 heterocycles. The van der Waals surface area contributed by atoms with Crippen molar-refractivity contribution >= 4 is 12.4 Å². The predicted molar refractivity (Wildman–Crippen MR) is 181 cm³/mol. The van der Waals surface area contributed by atoms with Gasteiger partial charge in [-0.2, -0.15) is 0 Å². The van der Waals surface area contributed by atoms with Crippen LogP contribution in [0.4, 0.5) is 8.78 Å². The van der Waals surface area contributed by atoms with Crippen LogP contribution in [0.1, 0.15) is 77.3 Å². The van der Waals surface area contributed by atoms with E-state index >= 15 is 0 Å². The van der Waals surface area contributed by atoms with Gasteiger partial charge in [-0.25, -0.2) is 8.78 Å². The topological polar surface area (TPSA) is 30.5 Å². The summed E-state index contributed by atoms with van der Waals surface area (Å²) in [6.45, 7) is 6.46. The smallest absolute Gasteiger partial charge is 0.128 e. The average molecular weight is 634 g/mol. The van der Waals surface area contributed by atoms with Gasteiger partial charge in [0.15, 0.2) is 0 Å². The van der Waals surface area contributed by atoms with E-state index < -0.39 is 0 Å². The van der Waals surface area contributed by atoms with Crippen LogP contribution in [0.5, 0.6) is 0 Å². The van der Waals surface area contributed by atoms with Crippen LogP contribution in [-0.4, -0.2) is 25.3 Å². The first-order valence-corrected chi connectivity index (χ1v) is 16.0. The molecule has 1 saturated carbocycles. The Morgan fingerprint density at radius 1 is 0.644 bits per heavy atom. The lowest BCUT2D eigenvalue weighted by atomic mass is 9.69. The van der Waals surface area contributed by atoms with Crippen molar-refractivity contribution in [2.45, 2.75) is 76.5 Å². The molecule has 45 heavy (non-hydrogen) atoms. The average Bonchev–Trinajstić information content (AvgIpc) is 3.04. The minimum Gasteiger partial charge on any atom is -0.376 e. The Labute approximate surface area is 273 Å². The quantitative estimate of drug-likeness (QED) is 0.150. The molecular formula is C39H46ClF2NO2. The van der Waals surface area contributed by atoms with Crippen molar-refractivity contribution in [3.05, 3.63) is 142 Å².